The fraction of sp³-hybridized carbons (Fsp3) is 0.478. The number of aromatic nitrogens is 2. The first kappa shape index (κ1) is 19.0. The third-order valence-corrected chi connectivity index (χ3v) is 5.68. The number of benzene rings is 1. The van der Waals surface area contributed by atoms with Gasteiger partial charge in [0.25, 0.3) is 0 Å². The van der Waals surface area contributed by atoms with Crippen LogP contribution in [0.1, 0.15) is 41.6 Å². The molecule has 0 bridgehead atoms. The van der Waals surface area contributed by atoms with E-state index in [0.717, 1.165) is 19.3 Å². The number of nitrogens with zero attached hydrogens (tertiary/aromatic N) is 2. The summed E-state index contributed by atoms with van der Waals surface area (Å²) in [6.45, 7) is 6.50. The minimum absolute atomic E-state index is 0.0369. The molecule has 0 spiro atoms. The first-order chi connectivity index (χ1) is 16.9. The van der Waals surface area contributed by atoms with E-state index in [0.29, 0.717) is 41.8 Å². The van der Waals surface area contributed by atoms with Crippen molar-refractivity contribution in [3.8, 4) is 17.2 Å². The highest BCUT2D eigenvalue weighted by molar-refractivity contribution is 7.71. The van der Waals surface area contributed by atoms with E-state index in [1.807, 2.05) is 25.1 Å². The molecule has 1 fully saturated rings. The van der Waals surface area contributed by atoms with E-state index in [-0.39, 0.29) is 11.4 Å². The van der Waals surface area contributed by atoms with E-state index in [9.17, 15) is 0 Å². The number of hydrogen-bond donors (Lipinski definition) is 2. The van der Waals surface area contributed by atoms with Gasteiger partial charge in [-0.2, -0.15) is 4.98 Å². The molecule has 172 valence electrons. The molecule has 0 aliphatic carbocycles. The average molecular weight is 465 g/mol. The van der Waals surface area contributed by atoms with Crippen LogP contribution in [-0.4, -0.2) is 48.6 Å². The third kappa shape index (κ3) is 4.96. The number of hydrogen-bond acceptors (Lipinski definition) is 8. The van der Waals surface area contributed by atoms with Crippen LogP contribution < -0.4 is 14.8 Å². The molecule has 4 rings (SSSR count). The number of allylic oxidation sites excluding steroid dienone is 1. The van der Waals surface area contributed by atoms with Crippen molar-refractivity contribution in [3.63, 3.8) is 0 Å². The maximum atomic E-state index is 7.33. The molecule has 1 aromatic carbocycles. The van der Waals surface area contributed by atoms with Crippen molar-refractivity contribution in [1.82, 2.24) is 9.55 Å². The Hall–Kier alpha value is -2.46. The summed E-state index contributed by atoms with van der Waals surface area (Å²) >= 11 is 5.50. The number of para-hydroxylation sites is 1. The maximum Gasteiger partial charge on any atom is 0.211 e. The third-order valence-electron chi connectivity index (χ3n) is 5.38. The lowest BCUT2D eigenvalue weighted by atomic mass is 10.1. The van der Waals surface area contributed by atoms with E-state index in [1.165, 1.54) is 5.57 Å². The summed E-state index contributed by atoms with van der Waals surface area (Å²) in [5.41, 5.74) is 1.86. The zero-order chi connectivity index (χ0) is 24.9. The Morgan fingerprint density at radius 1 is 1.53 bits per heavy atom. The van der Waals surface area contributed by atoms with Crippen molar-refractivity contribution in [3.05, 3.63) is 41.3 Å². The molecule has 2 aromatic rings. The molecule has 2 aliphatic heterocycles. The van der Waals surface area contributed by atoms with Gasteiger partial charge >= 0.3 is 0 Å². The number of aliphatic hydroxyl groups excluding tert-OH is 1. The SMILES string of the molecule is [2H]C([3H])OC[C@H]1O[C@@H](n2cc3c(nc2=S)Nc2c(OCCCCC(=C)C)cccc2O3)C[C@H]1O[3H]. The Morgan fingerprint density at radius 2 is 2.44 bits per heavy atom. The van der Waals surface area contributed by atoms with Gasteiger partial charge in [0.15, 0.2) is 17.3 Å². The van der Waals surface area contributed by atoms with Crippen molar-refractivity contribution in [2.75, 3.05) is 25.6 Å². The first-order valence-electron chi connectivity index (χ1n) is 12.1. The van der Waals surface area contributed by atoms with Gasteiger partial charge < -0.3 is 29.4 Å². The van der Waals surface area contributed by atoms with Crippen LogP contribution in [0.5, 0.6) is 17.2 Å². The highest BCUT2D eigenvalue weighted by atomic mass is 32.1. The van der Waals surface area contributed by atoms with Gasteiger partial charge in [-0.05, 0) is 50.5 Å². The highest BCUT2D eigenvalue weighted by Crippen LogP contribution is 2.46. The molecule has 0 amide bonds. The molecule has 3 heterocycles. The number of ether oxygens (including phenoxy) is 4. The number of unbranched alkanes of at least 4 members (excludes halogenated alkanes) is 1. The molecule has 2 N–H and O–H groups in total. The lowest BCUT2D eigenvalue weighted by Gasteiger charge is -2.25. The predicted molar refractivity (Wildman–Crippen MR) is 123 cm³/mol. The summed E-state index contributed by atoms with van der Waals surface area (Å²) in [5.74, 6) is 2.21. The van der Waals surface area contributed by atoms with Crippen LogP contribution in [0.2, 0.25) is 0 Å². The molecule has 8 nitrogen and oxygen atoms in total. The maximum absolute atomic E-state index is 7.33. The van der Waals surface area contributed by atoms with Crippen LogP contribution in [0, 0.1) is 4.77 Å². The van der Waals surface area contributed by atoms with E-state index in [1.54, 1.807) is 10.8 Å². The monoisotopic (exact) mass is 464 g/mol. The van der Waals surface area contributed by atoms with Gasteiger partial charge in [-0.15, -0.1) is 6.58 Å². The molecule has 0 saturated carbocycles. The number of rotatable bonds is 10. The summed E-state index contributed by atoms with van der Waals surface area (Å²) in [5, 5.41) is 8.05. The highest BCUT2D eigenvalue weighted by Gasteiger charge is 2.35. The fourth-order valence-corrected chi connectivity index (χ4v) is 3.99. The summed E-state index contributed by atoms with van der Waals surface area (Å²) in [4.78, 5) is 4.49. The van der Waals surface area contributed by atoms with Gasteiger partial charge in [0, 0.05) is 13.5 Å². The standard InChI is InChI=1S/C23H29N3O5S/c1-14(2)7-4-5-10-29-16-8-6-9-17-21(16)24-22-18(30-17)12-26(23(32)25-22)20-11-15(27)19(31-20)13-28-3/h6,8-9,12,15,19-20,27H,1,4-5,7,10-11,13H2,2-3H3,(H,24,25,32)/t15-,19-,20-/m1/s1/i3TD,27T/t3?,15-,19-,20-. The smallest absolute Gasteiger partial charge is 0.211 e. The van der Waals surface area contributed by atoms with Gasteiger partial charge in [-0.25, -0.2) is 0 Å². The minimum atomic E-state index is -1.44. The van der Waals surface area contributed by atoms with Crippen LogP contribution in [0.15, 0.2) is 36.5 Å². The van der Waals surface area contributed by atoms with Crippen LogP contribution >= 0.6 is 12.2 Å². The Bertz CT molecular complexity index is 1120. The topological polar surface area (TPSA) is 87.0 Å². The number of methoxy groups -OCH3 is 1. The number of fused-ring (bicyclic) bond motifs is 2. The van der Waals surface area contributed by atoms with E-state index < -0.39 is 25.5 Å². The van der Waals surface area contributed by atoms with Gasteiger partial charge in [0.05, 0.1) is 28.3 Å². The molecule has 1 unspecified atom stereocenters. The minimum Gasteiger partial charge on any atom is -0.491 e. The van der Waals surface area contributed by atoms with Crippen LogP contribution in [0.3, 0.4) is 0 Å². The quantitative estimate of drug-likeness (QED) is 0.249. The van der Waals surface area contributed by atoms with E-state index in [2.05, 4.69) is 16.9 Å². The summed E-state index contributed by atoms with van der Waals surface area (Å²) in [6, 6.07) is 5.58. The van der Waals surface area contributed by atoms with Crippen LogP contribution in [0.4, 0.5) is 11.5 Å². The zero-order valence-electron chi connectivity index (χ0n) is 20.9. The zero-order valence-corrected chi connectivity index (χ0v) is 18.7. The molecule has 32 heavy (non-hydrogen) atoms. The second kappa shape index (κ2) is 9.99. The predicted octanol–water partition coefficient (Wildman–Crippen LogP) is 4.88. The Morgan fingerprint density at radius 3 is 3.25 bits per heavy atom. The molecule has 9 heteroatoms. The summed E-state index contributed by atoms with van der Waals surface area (Å²) in [7, 11) is -1.44. The average Bonchev–Trinajstić information content (AvgIpc) is 3.24. The van der Waals surface area contributed by atoms with Crippen molar-refractivity contribution in [1.29, 1.82) is 1.43 Å². The van der Waals surface area contributed by atoms with Crippen molar-refractivity contribution in [2.45, 2.75) is 51.0 Å². The molecule has 0 radical (unpaired) electrons. The lowest BCUT2D eigenvalue weighted by molar-refractivity contribution is -0.0542. The van der Waals surface area contributed by atoms with Crippen LogP contribution in [-0.2, 0) is 9.47 Å². The van der Waals surface area contributed by atoms with Gasteiger partial charge in [0.2, 0.25) is 6.20 Å². The first-order valence-corrected chi connectivity index (χ1v) is 11.0. The van der Waals surface area contributed by atoms with Gasteiger partial charge in [0.1, 0.15) is 23.8 Å². The largest absolute Gasteiger partial charge is 0.491 e. The van der Waals surface area contributed by atoms with Crippen molar-refractivity contribution >= 4 is 23.7 Å². The Balaban J connectivity index is 1.47. The van der Waals surface area contributed by atoms with Crippen molar-refractivity contribution < 1.29 is 26.8 Å². The normalized spacial score (nSPS) is 23.5. The number of nitrogens with one attached hydrogen (secondary N) is 1. The molecule has 4 atom stereocenters. The second-order valence-corrected chi connectivity index (χ2v) is 8.36. The van der Waals surface area contributed by atoms with E-state index >= 15 is 0 Å². The molecular formula is C23H29N3O5S. The molecule has 1 saturated heterocycles. The fourth-order valence-electron chi connectivity index (χ4n) is 3.73. The Kier molecular flexibility index (Phi) is 5.95. The summed E-state index contributed by atoms with van der Waals surface area (Å²) < 4.78 is 46.7. The molecule has 1 aromatic heterocycles. The van der Waals surface area contributed by atoms with Crippen molar-refractivity contribution in [2.24, 2.45) is 0 Å². The van der Waals surface area contributed by atoms with E-state index in [4.69, 9.17) is 40.4 Å². The number of aliphatic hydroxyl groups is 1. The Labute approximate surface area is 197 Å². The van der Waals surface area contributed by atoms with Gasteiger partial charge in [-0.1, -0.05) is 11.6 Å². The molecule has 2 aliphatic rings. The van der Waals surface area contributed by atoms with Crippen LogP contribution in [0.25, 0.3) is 0 Å². The number of anilines is 2. The molecular weight excluding hydrogens is 430 g/mol. The lowest BCUT2D eigenvalue weighted by Crippen LogP contribution is -2.25. The van der Waals surface area contributed by atoms with Gasteiger partial charge in [-0.3, -0.25) is 4.57 Å². The summed E-state index contributed by atoms with van der Waals surface area (Å²) in [6.07, 6.45) is 3.21. The second-order valence-electron chi connectivity index (χ2n) is 8.00.